The van der Waals surface area contributed by atoms with Crippen LogP contribution in [-0.4, -0.2) is 4.92 Å². The van der Waals surface area contributed by atoms with Gasteiger partial charge in [0.25, 0.3) is 5.69 Å². The summed E-state index contributed by atoms with van der Waals surface area (Å²) in [6.45, 7) is 1.68. The number of non-ortho nitro benzene ring substituents is 1. The molecule has 2 aromatic rings. The summed E-state index contributed by atoms with van der Waals surface area (Å²) < 4.78 is 26.8. The number of rotatable bonds is 4. The van der Waals surface area contributed by atoms with Crippen molar-refractivity contribution in [3.05, 3.63) is 69.8 Å². The van der Waals surface area contributed by atoms with Crippen molar-refractivity contribution in [2.75, 3.05) is 5.32 Å². The molecule has 0 fully saturated rings. The lowest BCUT2D eigenvalue weighted by molar-refractivity contribution is -0.384. The van der Waals surface area contributed by atoms with Gasteiger partial charge >= 0.3 is 0 Å². The van der Waals surface area contributed by atoms with Crippen molar-refractivity contribution < 1.29 is 13.7 Å². The second-order valence-corrected chi connectivity index (χ2v) is 4.31. The van der Waals surface area contributed by atoms with Gasteiger partial charge in [-0.25, -0.2) is 8.78 Å². The van der Waals surface area contributed by atoms with Crippen LogP contribution in [0.1, 0.15) is 18.5 Å². The van der Waals surface area contributed by atoms with Crippen LogP contribution in [0.5, 0.6) is 0 Å². The fraction of sp³-hybridized carbons (Fsp3) is 0.143. The SMILES string of the molecule is CC(Nc1ccc([N+](=O)[O-])cc1)c1cccc(F)c1F. The Kier molecular flexibility index (Phi) is 3.93. The molecule has 104 valence electrons. The summed E-state index contributed by atoms with van der Waals surface area (Å²) in [4.78, 5) is 10.0. The average Bonchev–Trinajstić information content (AvgIpc) is 2.42. The van der Waals surface area contributed by atoms with Crippen LogP contribution in [0.2, 0.25) is 0 Å². The van der Waals surface area contributed by atoms with Crippen molar-refractivity contribution >= 4 is 11.4 Å². The lowest BCUT2D eigenvalue weighted by Gasteiger charge is -2.16. The van der Waals surface area contributed by atoms with E-state index in [4.69, 9.17) is 0 Å². The van der Waals surface area contributed by atoms with E-state index < -0.39 is 22.6 Å². The van der Waals surface area contributed by atoms with Crippen LogP contribution in [0.25, 0.3) is 0 Å². The summed E-state index contributed by atoms with van der Waals surface area (Å²) in [7, 11) is 0. The van der Waals surface area contributed by atoms with Gasteiger partial charge in [0.2, 0.25) is 0 Å². The molecular weight excluding hydrogens is 266 g/mol. The Hall–Kier alpha value is -2.50. The Balaban J connectivity index is 2.17. The molecule has 1 N–H and O–H groups in total. The summed E-state index contributed by atoms with van der Waals surface area (Å²) in [6, 6.07) is 9.24. The quantitative estimate of drug-likeness (QED) is 0.678. The predicted octanol–water partition coefficient (Wildman–Crippen LogP) is 4.05. The van der Waals surface area contributed by atoms with E-state index >= 15 is 0 Å². The minimum Gasteiger partial charge on any atom is -0.378 e. The molecule has 1 atom stereocenters. The largest absolute Gasteiger partial charge is 0.378 e. The van der Waals surface area contributed by atoms with Gasteiger partial charge in [-0.15, -0.1) is 0 Å². The van der Waals surface area contributed by atoms with Crippen LogP contribution in [0.3, 0.4) is 0 Å². The third-order valence-corrected chi connectivity index (χ3v) is 2.91. The molecule has 0 amide bonds. The van der Waals surface area contributed by atoms with Crippen molar-refractivity contribution in [2.45, 2.75) is 13.0 Å². The van der Waals surface area contributed by atoms with E-state index in [-0.39, 0.29) is 11.3 Å². The molecule has 0 saturated carbocycles. The fourth-order valence-corrected chi connectivity index (χ4v) is 1.86. The molecule has 0 spiro atoms. The maximum Gasteiger partial charge on any atom is 0.269 e. The van der Waals surface area contributed by atoms with E-state index in [0.717, 1.165) is 6.07 Å². The van der Waals surface area contributed by atoms with Crippen molar-refractivity contribution in [3.8, 4) is 0 Å². The van der Waals surface area contributed by atoms with Crippen molar-refractivity contribution in [2.24, 2.45) is 0 Å². The Labute approximate surface area is 114 Å². The van der Waals surface area contributed by atoms with E-state index in [1.165, 1.54) is 36.4 Å². The van der Waals surface area contributed by atoms with Gasteiger partial charge in [0.05, 0.1) is 11.0 Å². The first-order valence-electron chi connectivity index (χ1n) is 5.94. The van der Waals surface area contributed by atoms with Crippen LogP contribution in [0.4, 0.5) is 20.2 Å². The van der Waals surface area contributed by atoms with Gasteiger partial charge in [-0.3, -0.25) is 10.1 Å². The number of nitro groups is 1. The Morgan fingerprint density at radius 3 is 2.40 bits per heavy atom. The predicted molar refractivity (Wildman–Crippen MR) is 71.5 cm³/mol. The van der Waals surface area contributed by atoms with Gasteiger partial charge in [0, 0.05) is 23.4 Å². The summed E-state index contributed by atoms with van der Waals surface area (Å²) >= 11 is 0. The maximum absolute atomic E-state index is 13.6. The third kappa shape index (κ3) is 2.90. The molecule has 0 radical (unpaired) electrons. The molecule has 20 heavy (non-hydrogen) atoms. The highest BCUT2D eigenvalue weighted by atomic mass is 19.2. The zero-order valence-corrected chi connectivity index (χ0v) is 10.6. The molecule has 0 aliphatic rings. The molecule has 0 aliphatic heterocycles. The highest BCUT2D eigenvalue weighted by Crippen LogP contribution is 2.24. The van der Waals surface area contributed by atoms with Crippen LogP contribution < -0.4 is 5.32 Å². The van der Waals surface area contributed by atoms with Gasteiger partial charge in [-0.1, -0.05) is 12.1 Å². The zero-order valence-electron chi connectivity index (χ0n) is 10.6. The average molecular weight is 278 g/mol. The van der Waals surface area contributed by atoms with Crippen molar-refractivity contribution in [3.63, 3.8) is 0 Å². The Morgan fingerprint density at radius 1 is 1.15 bits per heavy atom. The highest BCUT2D eigenvalue weighted by molar-refractivity contribution is 5.50. The molecule has 0 aliphatic carbocycles. The molecule has 0 saturated heterocycles. The van der Waals surface area contributed by atoms with Crippen LogP contribution >= 0.6 is 0 Å². The summed E-state index contributed by atoms with van der Waals surface area (Å²) in [5, 5.41) is 13.5. The van der Waals surface area contributed by atoms with Gasteiger partial charge in [-0.2, -0.15) is 0 Å². The zero-order chi connectivity index (χ0) is 14.7. The first-order valence-corrected chi connectivity index (χ1v) is 5.94. The topological polar surface area (TPSA) is 55.2 Å². The maximum atomic E-state index is 13.6. The molecule has 6 heteroatoms. The van der Waals surface area contributed by atoms with E-state index in [0.29, 0.717) is 5.69 Å². The lowest BCUT2D eigenvalue weighted by Crippen LogP contribution is -2.09. The van der Waals surface area contributed by atoms with Gasteiger partial charge < -0.3 is 5.32 Å². The normalized spacial score (nSPS) is 11.9. The molecule has 2 rings (SSSR count). The number of halogens is 2. The highest BCUT2D eigenvalue weighted by Gasteiger charge is 2.14. The summed E-state index contributed by atoms with van der Waals surface area (Å²) in [5.41, 5.74) is 0.759. The number of nitro benzene ring substituents is 1. The number of nitrogens with one attached hydrogen (secondary N) is 1. The van der Waals surface area contributed by atoms with Crippen LogP contribution in [0, 0.1) is 21.7 Å². The monoisotopic (exact) mass is 278 g/mol. The fourth-order valence-electron chi connectivity index (χ4n) is 1.86. The molecule has 0 bridgehead atoms. The summed E-state index contributed by atoms with van der Waals surface area (Å²) in [5.74, 6) is -1.80. The first-order chi connectivity index (χ1) is 9.49. The van der Waals surface area contributed by atoms with E-state index in [9.17, 15) is 18.9 Å². The van der Waals surface area contributed by atoms with Crippen LogP contribution in [-0.2, 0) is 0 Å². The number of hydrogen-bond donors (Lipinski definition) is 1. The van der Waals surface area contributed by atoms with E-state index in [1.54, 1.807) is 6.92 Å². The van der Waals surface area contributed by atoms with Crippen molar-refractivity contribution in [1.82, 2.24) is 0 Å². The minimum absolute atomic E-state index is 0.0276. The lowest BCUT2D eigenvalue weighted by atomic mass is 10.1. The molecule has 4 nitrogen and oxygen atoms in total. The number of anilines is 1. The standard InChI is InChI=1S/C14H12F2N2O2/c1-9(12-3-2-4-13(15)14(12)16)17-10-5-7-11(8-6-10)18(19)20/h2-9,17H,1H3. The molecule has 1 unspecified atom stereocenters. The third-order valence-electron chi connectivity index (χ3n) is 2.91. The molecule has 2 aromatic carbocycles. The number of benzene rings is 2. The van der Waals surface area contributed by atoms with E-state index in [1.807, 2.05) is 0 Å². The van der Waals surface area contributed by atoms with Gasteiger partial charge in [0.1, 0.15) is 0 Å². The number of nitrogens with zero attached hydrogens (tertiary/aromatic N) is 1. The number of hydrogen-bond acceptors (Lipinski definition) is 3. The second-order valence-electron chi connectivity index (χ2n) is 4.31. The Bertz CT molecular complexity index is 630. The van der Waals surface area contributed by atoms with Crippen molar-refractivity contribution in [1.29, 1.82) is 0 Å². The van der Waals surface area contributed by atoms with Gasteiger partial charge in [-0.05, 0) is 25.1 Å². The molecule has 0 heterocycles. The smallest absolute Gasteiger partial charge is 0.269 e. The van der Waals surface area contributed by atoms with Gasteiger partial charge in [0.15, 0.2) is 11.6 Å². The Morgan fingerprint density at radius 2 is 1.80 bits per heavy atom. The molecule has 0 aromatic heterocycles. The first kappa shape index (κ1) is 13.9. The molecular formula is C14H12F2N2O2. The van der Waals surface area contributed by atoms with Crippen LogP contribution in [0.15, 0.2) is 42.5 Å². The second kappa shape index (κ2) is 5.64. The minimum atomic E-state index is -0.903. The van der Waals surface area contributed by atoms with E-state index in [2.05, 4.69) is 5.32 Å². The summed E-state index contributed by atoms with van der Waals surface area (Å²) in [6.07, 6.45) is 0.